The maximum Gasteiger partial charge on any atom is 0.0995 e. The molecule has 0 saturated heterocycles. The van der Waals surface area contributed by atoms with Crippen LogP contribution in [0.25, 0.3) is 0 Å². The molecule has 1 unspecified atom stereocenters. The Balaban J connectivity index is 2.42. The lowest BCUT2D eigenvalue weighted by atomic mass is 10.1. The Bertz CT molecular complexity index is 509. The van der Waals surface area contributed by atoms with Crippen LogP contribution in [0, 0.1) is 0 Å². The fraction of sp³-hybridized carbons (Fsp3) is 0.273. The zero-order valence-corrected chi connectivity index (χ0v) is 13.7. The molecule has 2 aromatic heterocycles. The van der Waals surface area contributed by atoms with Crippen LogP contribution in [-0.4, -0.2) is 6.54 Å². The van der Waals surface area contributed by atoms with Gasteiger partial charge < -0.3 is 5.32 Å². The van der Waals surface area contributed by atoms with Crippen molar-refractivity contribution in [3.8, 4) is 0 Å². The molecular formula is C11H10BrCl2NS2. The number of nitrogens with one attached hydrogen (secondary N) is 1. The summed E-state index contributed by atoms with van der Waals surface area (Å²) in [5.74, 6) is 0. The molecule has 0 saturated carbocycles. The third-order valence-corrected chi connectivity index (χ3v) is 5.76. The second-order valence-corrected chi connectivity index (χ2v) is 7.49. The van der Waals surface area contributed by atoms with E-state index in [4.69, 9.17) is 23.2 Å². The third-order valence-electron chi connectivity index (χ3n) is 2.31. The highest BCUT2D eigenvalue weighted by Gasteiger charge is 2.21. The van der Waals surface area contributed by atoms with Crippen molar-refractivity contribution in [1.29, 1.82) is 0 Å². The van der Waals surface area contributed by atoms with E-state index in [0.29, 0.717) is 0 Å². The minimum Gasteiger partial charge on any atom is -0.306 e. The molecular weight excluding hydrogens is 361 g/mol. The first-order chi connectivity index (χ1) is 8.13. The molecule has 0 amide bonds. The van der Waals surface area contributed by atoms with Gasteiger partial charge in [0.2, 0.25) is 0 Å². The van der Waals surface area contributed by atoms with E-state index in [1.165, 1.54) is 16.2 Å². The van der Waals surface area contributed by atoms with E-state index in [2.05, 4.69) is 33.6 Å². The zero-order chi connectivity index (χ0) is 12.4. The molecule has 0 aliphatic heterocycles. The van der Waals surface area contributed by atoms with Crippen LogP contribution in [0.15, 0.2) is 22.0 Å². The number of hydrogen-bond donors (Lipinski definition) is 1. The van der Waals surface area contributed by atoms with E-state index >= 15 is 0 Å². The van der Waals surface area contributed by atoms with E-state index in [0.717, 1.165) is 25.3 Å². The summed E-state index contributed by atoms with van der Waals surface area (Å²) >= 11 is 18.9. The summed E-state index contributed by atoms with van der Waals surface area (Å²) in [6.07, 6.45) is 0. The summed E-state index contributed by atoms with van der Waals surface area (Å²) in [6, 6.07) is 4.09. The minimum absolute atomic E-state index is 0.102. The maximum absolute atomic E-state index is 6.23. The Kier molecular flexibility index (Phi) is 4.92. The van der Waals surface area contributed by atoms with Crippen LogP contribution >= 0.6 is 61.8 Å². The summed E-state index contributed by atoms with van der Waals surface area (Å²) in [5, 5.41) is 5.50. The maximum atomic E-state index is 6.23. The van der Waals surface area contributed by atoms with Crippen LogP contribution in [0.4, 0.5) is 0 Å². The molecule has 0 aliphatic carbocycles. The van der Waals surface area contributed by atoms with Gasteiger partial charge in [0.25, 0.3) is 0 Å². The highest BCUT2D eigenvalue weighted by Crippen LogP contribution is 2.40. The Hall–Kier alpha value is 0.420. The van der Waals surface area contributed by atoms with Crippen LogP contribution in [0.3, 0.4) is 0 Å². The quantitative estimate of drug-likeness (QED) is 0.740. The van der Waals surface area contributed by atoms with Gasteiger partial charge in [0.1, 0.15) is 0 Å². The molecule has 2 aromatic rings. The molecule has 0 aliphatic rings. The van der Waals surface area contributed by atoms with Crippen molar-refractivity contribution < 1.29 is 0 Å². The highest BCUT2D eigenvalue weighted by atomic mass is 79.9. The molecule has 6 heteroatoms. The number of rotatable bonds is 4. The second kappa shape index (κ2) is 6.04. The van der Waals surface area contributed by atoms with Gasteiger partial charge in [-0.15, -0.1) is 22.7 Å². The molecule has 0 bridgehead atoms. The fourth-order valence-electron chi connectivity index (χ4n) is 1.61. The Labute approximate surface area is 127 Å². The van der Waals surface area contributed by atoms with Crippen molar-refractivity contribution in [3.63, 3.8) is 0 Å². The third kappa shape index (κ3) is 3.06. The first kappa shape index (κ1) is 13.8. The van der Waals surface area contributed by atoms with Crippen molar-refractivity contribution in [2.75, 3.05) is 6.54 Å². The van der Waals surface area contributed by atoms with Crippen molar-refractivity contribution in [1.82, 2.24) is 5.32 Å². The zero-order valence-electron chi connectivity index (χ0n) is 8.97. The van der Waals surface area contributed by atoms with Gasteiger partial charge in [0, 0.05) is 14.9 Å². The average molecular weight is 371 g/mol. The topological polar surface area (TPSA) is 12.0 Å². The van der Waals surface area contributed by atoms with Gasteiger partial charge in [0.15, 0.2) is 0 Å². The van der Waals surface area contributed by atoms with Crippen LogP contribution in [0.5, 0.6) is 0 Å². The van der Waals surface area contributed by atoms with E-state index in [1.54, 1.807) is 11.3 Å². The average Bonchev–Trinajstić information content (AvgIpc) is 2.82. The van der Waals surface area contributed by atoms with Crippen molar-refractivity contribution >= 4 is 61.8 Å². The normalized spacial score (nSPS) is 12.9. The SMILES string of the molecule is CCNC(c1cc(Cl)sc1Cl)c1sccc1Br. The summed E-state index contributed by atoms with van der Waals surface area (Å²) in [5.41, 5.74) is 1.05. The lowest BCUT2D eigenvalue weighted by Gasteiger charge is -2.16. The van der Waals surface area contributed by atoms with E-state index in [9.17, 15) is 0 Å². The van der Waals surface area contributed by atoms with Crippen LogP contribution in [0.1, 0.15) is 23.4 Å². The standard InChI is InChI=1S/C11H10BrCl2NS2/c1-2-15-9(10-7(12)3-4-16-10)6-5-8(13)17-11(6)14/h3-5,9,15H,2H2,1H3. The molecule has 2 heterocycles. The summed E-state index contributed by atoms with van der Waals surface area (Å²) in [7, 11) is 0. The molecule has 0 spiro atoms. The molecule has 1 nitrogen and oxygen atoms in total. The molecule has 1 atom stereocenters. The van der Waals surface area contributed by atoms with Gasteiger partial charge in [-0.2, -0.15) is 0 Å². The van der Waals surface area contributed by atoms with E-state index < -0.39 is 0 Å². The number of hydrogen-bond acceptors (Lipinski definition) is 3. The van der Waals surface area contributed by atoms with Crippen LogP contribution < -0.4 is 5.32 Å². The minimum atomic E-state index is 0.102. The highest BCUT2D eigenvalue weighted by molar-refractivity contribution is 9.10. The summed E-state index contributed by atoms with van der Waals surface area (Å²) in [6.45, 7) is 2.95. The predicted molar refractivity (Wildman–Crippen MR) is 81.9 cm³/mol. The van der Waals surface area contributed by atoms with Gasteiger partial charge >= 0.3 is 0 Å². The van der Waals surface area contributed by atoms with Crippen molar-refractivity contribution in [2.45, 2.75) is 13.0 Å². The Morgan fingerprint density at radius 3 is 2.71 bits per heavy atom. The molecule has 92 valence electrons. The molecule has 1 N–H and O–H groups in total. The van der Waals surface area contributed by atoms with Gasteiger partial charge in [-0.3, -0.25) is 0 Å². The second-order valence-electron chi connectivity index (χ2n) is 3.40. The van der Waals surface area contributed by atoms with E-state index in [-0.39, 0.29) is 6.04 Å². The van der Waals surface area contributed by atoms with Gasteiger partial charge in [-0.1, -0.05) is 30.1 Å². The molecule has 0 radical (unpaired) electrons. The van der Waals surface area contributed by atoms with Crippen molar-refractivity contribution in [2.24, 2.45) is 0 Å². The molecule has 0 fully saturated rings. The fourth-order valence-corrected chi connectivity index (χ4v) is 4.84. The van der Waals surface area contributed by atoms with Crippen molar-refractivity contribution in [3.05, 3.63) is 41.1 Å². The Morgan fingerprint density at radius 2 is 2.24 bits per heavy atom. The van der Waals surface area contributed by atoms with Crippen LogP contribution in [-0.2, 0) is 0 Å². The number of halogens is 3. The summed E-state index contributed by atoms with van der Waals surface area (Å²) in [4.78, 5) is 1.23. The van der Waals surface area contributed by atoms with Crippen LogP contribution in [0.2, 0.25) is 8.67 Å². The van der Waals surface area contributed by atoms with Gasteiger partial charge in [-0.05, 0) is 40.0 Å². The molecule has 2 rings (SSSR count). The first-order valence-electron chi connectivity index (χ1n) is 5.04. The lowest BCUT2D eigenvalue weighted by Crippen LogP contribution is -2.21. The van der Waals surface area contributed by atoms with Gasteiger partial charge in [0.05, 0.1) is 14.7 Å². The molecule has 0 aromatic carbocycles. The first-order valence-corrected chi connectivity index (χ1v) is 8.29. The lowest BCUT2D eigenvalue weighted by molar-refractivity contribution is 0.640. The summed E-state index contributed by atoms with van der Waals surface area (Å²) < 4.78 is 2.58. The number of thiophene rings is 2. The van der Waals surface area contributed by atoms with Gasteiger partial charge in [-0.25, -0.2) is 0 Å². The smallest absolute Gasteiger partial charge is 0.0995 e. The predicted octanol–water partition coefficient (Wildman–Crippen LogP) is 5.58. The molecule has 17 heavy (non-hydrogen) atoms. The largest absolute Gasteiger partial charge is 0.306 e. The van der Waals surface area contributed by atoms with E-state index in [1.807, 2.05) is 12.1 Å². The monoisotopic (exact) mass is 369 g/mol. The Morgan fingerprint density at radius 1 is 1.47 bits per heavy atom.